The van der Waals surface area contributed by atoms with Crippen LogP contribution in [0, 0.1) is 11.6 Å². The van der Waals surface area contributed by atoms with Gasteiger partial charge >= 0.3 is 6.18 Å². The highest BCUT2D eigenvalue weighted by Crippen LogP contribution is 2.40. The molecule has 10 heteroatoms. The lowest BCUT2D eigenvalue weighted by Gasteiger charge is -2.15. The van der Waals surface area contributed by atoms with Crippen molar-refractivity contribution in [3.05, 3.63) is 111 Å². The Bertz CT molecular complexity index is 1660. The summed E-state index contributed by atoms with van der Waals surface area (Å²) in [6, 6.07) is 12.6. The maximum Gasteiger partial charge on any atom is 0.416 e. The fourth-order valence-electron chi connectivity index (χ4n) is 4.24. The number of fused-ring (bicyclic) bond motifs is 1. The summed E-state index contributed by atoms with van der Waals surface area (Å²) in [4.78, 5) is 19.6. The summed E-state index contributed by atoms with van der Waals surface area (Å²) < 4.78 is 69.4. The molecule has 0 saturated heterocycles. The molecule has 0 bridgehead atoms. The molecule has 0 fully saturated rings. The number of nitrogens with one attached hydrogen (secondary N) is 1. The Morgan fingerprint density at radius 1 is 0.944 bits per heavy atom. The molecule has 3 aromatic heterocycles. The minimum Gasteiger partial charge on any atom is -0.335 e. The summed E-state index contributed by atoms with van der Waals surface area (Å²) in [6.45, 7) is -0.194. The van der Waals surface area contributed by atoms with Crippen LogP contribution in [-0.2, 0) is 12.7 Å². The van der Waals surface area contributed by atoms with Crippen molar-refractivity contribution in [1.29, 1.82) is 0 Å². The second-order valence-corrected chi connectivity index (χ2v) is 8.44. The molecule has 0 spiro atoms. The Hall–Kier alpha value is -3.98. The number of hydrogen-bond acceptors (Lipinski definition) is 2. The van der Waals surface area contributed by atoms with Gasteiger partial charge in [0.05, 0.1) is 28.7 Å². The van der Waals surface area contributed by atoms with Gasteiger partial charge in [-0.2, -0.15) is 13.2 Å². The molecule has 0 unspecified atom stereocenters. The molecule has 0 aliphatic carbocycles. The van der Waals surface area contributed by atoms with Gasteiger partial charge in [0.2, 0.25) is 0 Å². The average Bonchev–Trinajstić information content (AvgIpc) is 3.15. The Kier molecular flexibility index (Phi) is 5.88. The van der Waals surface area contributed by atoms with Crippen LogP contribution in [0.1, 0.15) is 11.1 Å². The van der Waals surface area contributed by atoms with E-state index in [0.29, 0.717) is 34.0 Å². The number of rotatable bonds is 4. The predicted octanol–water partition coefficient (Wildman–Crippen LogP) is 7.06. The molecule has 3 heterocycles. The van der Waals surface area contributed by atoms with Crippen molar-refractivity contribution in [2.45, 2.75) is 12.7 Å². The third-order valence-electron chi connectivity index (χ3n) is 5.83. The fourth-order valence-corrected chi connectivity index (χ4v) is 4.42. The van der Waals surface area contributed by atoms with Gasteiger partial charge in [-0.1, -0.05) is 29.8 Å². The van der Waals surface area contributed by atoms with Gasteiger partial charge in [-0.15, -0.1) is 0 Å². The van der Waals surface area contributed by atoms with E-state index in [2.05, 4.69) is 9.97 Å². The van der Waals surface area contributed by atoms with Gasteiger partial charge < -0.3 is 9.55 Å². The normalized spacial score (nSPS) is 11.8. The van der Waals surface area contributed by atoms with Crippen molar-refractivity contribution in [2.75, 3.05) is 0 Å². The summed E-state index contributed by atoms with van der Waals surface area (Å²) in [5.41, 5.74) is 0.737. The first-order valence-electron chi connectivity index (χ1n) is 10.6. The lowest BCUT2D eigenvalue weighted by atomic mass is 9.99. The summed E-state index contributed by atoms with van der Waals surface area (Å²) in [5, 5.41) is 0.406. The summed E-state index contributed by atoms with van der Waals surface area (Å²) in [6.07, 6.45) is -1.82. The van der Waals surface area contributed by atoms with Crippen LogP contribution in [0.5, 0.6) is 0 Å². The SMILES string of the molecule is O=c1[nH]ccc2c1c(-c1ccc(F)cc1)c(-c1ccnc(Cl)c1)n2Cc1ccc(C(F)(F)F)cc1F. The maximum absolute atomic E-state index is 14.9. The Morgan fingerprint density at radius 3 is 2.36 bits per heavy atom. The Balaban J connectivity index is 1.82. The number of aromatic amines is 1. The monoisotopic (exact) mass is 515 g/mol. The highest BCUT2D eigenvalue weighted by molar-refractivity contribution is 6.29. The van der Waals surface area contributed by atoms with E-state index in [9.17, 15) is 26.7 Å². The number of benzene rings is 2. The van der Waals surface area contributed by atoms with E-state index in [-0.39, 0.29) is 22.6 Å². The molecule has 0 aliphatic heterocycles. The first-order chi connectivity index (χ1) is 17.1. The molecule has 36 heavy (non-hydrogen) atoms. The quantitative estimate of drug-likeness (QED) is 0.206. The van der Waals surface area contributed by atoms with Gasteiger partial charge in [0, 0.05) is 29.1 Å². The molecule has 5 aromatic rings. The zero-order valence-corrected chi connectivity index (χ0v) is 19.0. The van der Waals surface area contributed by atoms with E-state index in [1.54, 1.807) is 22.8 Å². The van der Waals surface area contributed by atoms with Gasteiger partial charge in [0.25, 0.3) is 5.56 Å². The summed E-state index contributed by atoms with van der Waals surface area (Å²) >= 11 is 6.14. The molecule has 0 aliphatic rings. The minimum absolute atomic E-state index is 0.0211. The highest BCUT2D eigenvalue weighted by atomic mass is 35.5. The highest BCUT2D eigenvalue weighted by Gasteiger charge is 2.31. The molecule has 0 atom stereocenters. The van der Waals surface area contributed by atoms with E-state index in [1.807, 2.05) is 0 Å². The van der Waals surface area contributed by atoms with E-state index in [0.717, 1.165) is 12.1 Å². The van der Waals surface area contributed by atoms with Crippen molar-refractivity contribution in [3.8, 4) is 22.4 Å². The molecule has 0 amide bonds. The molecule has 182 valence electrons. The molecule has 0 radical (unpaired) electrons. The summed E-state index contributed by atoms with van der Waals surface area (Å²) in [7, 11) is 0. The van der Waals surface area contributed by atoms with E-state index in [4.69, 9.17) is 11.6 Å². The van der Waals surface area contributed by atoms with Gasteiger partial charge in [-0.05, 0) is 48.0 Å². The van der Waals surface area contributed by atoms with Crippen LogP contribution in [0.2, 0.25) is 5.15 Å². The molecule has 2 aromatic carbocycles. The maximum atomic E-state index is 14.9. The van der Waals surface area contributed by atoms with Crippen molar-refractivity contribution in [1.82, 2.24) is 14.5 Å². The largest absolute Gasteiger partial charge is 0.416 e. The van der Waals surface area contributed by atoms with Gasteiger partial charge in [0.1, 0.15) is 16.8 Å². The van der Waals surface area contributed by atoms with Crippen LogP contribution in [0.4, 0.5) is 22.0 Å². The van der Waals surface area contributed by atoms with Crippen LogP contribution < -0.4 is 5.56 Å². The predicted molar refractivity (Wildman–Crippen MR) is 127 cm³/mol. The number of alkyl halides is 3. The first kappa shape index (κ1) is 23.7. The topological polar surface area (TPSA) is 50.7 Å². The molecule has 4 nitrogen and oxygen atoms in total. The minimum atomic E-state index is -4.69. The van der Waals surface area contributed by atoms with Gasteiger partial charge in [-0.3, -0.25) is 4.79 Å². The van der Waals surface area contributed by atoms with Crippen molar-refractivity contribution in [2.24, 2.45) is 0 Å². The lowest BCUT2D eigenvalue weighted by Crippen LogP contribution is -2.09. The molecule has 1 N–H and O–H groups in total. The second-order valence-electron chi connectivity index (χ2n) is 8.05. The van der Waals surface area contributed by atoms with E-state index in [1.165, 1.54) is 36.7 Å². The average molecular weight is 516 g/mol. The van der Waals surface area contributed by atoms with Crippen LogP contribution >= 0.6 is 11.6 Å². The number of hydrogen-bond donors (Lipinski definition) is 1. The molecular weight excluding hydrogens is 501 g/mol. The first-order valence-corrected chi connectivity index (χ1v) is 11.0. The van der Waals surface area contributed by atoms with Crippen molar-refractivity contribution < 1.29 is 22.0 Å². The van der Waals surface area contributed by atoms with Crippen molar-refractivity contribution in [3.63, 3.8) is 0 Å². The fraction of sp³-hybridized carbons (Fsp3) is 0.0769. The third-order valence-corrected chi connectivity index (χ3v) is 6.03. The number of H-pyrrole nitrogens is 1. The van der Waals surface area contributed by atoms with E-state index < -0.39 is 28.9 Å². The van der Waals surface area contributed by atoms with Crippen LogP contribution in [0.25, 0.3) is 33.3 Å². The van der Waals surface area contributed by atoms with Crippen LogP contribution in [0.3, 0.4) is 0 Å². The molecule has 0 saturated carbocycles. The van der Waals surface area contributed by atoms with Crippen molar-refractivity contribution >= 4 is 22.5 Å². The Morgan fingerprint density at radius 2 is 1.69 bits per heavy atom. The standard InChI is InChI=1S/C26H15ClF5N3O/c27-21-11-15(7-9-33-21)24-22(14-2-5-18(28)6-3-14)23-20(8-10-34-25(23)36)35(24)13-16-1-4-17(12-19(16)29)26(30,31)32/h1-12H,13H2,(H,34,36). The zero-order valence-electron chi connectivity index (χ0n) is 18.2. The number of nitrogens with zero attached hydrogens (tertiary/aromatic N) is 2. The molecular formula is C26H15ClF5N3O. The summed E-state index contributed by atoms with van der Waals surface area (Å²) in [5.74, 6) is -1.52. The number of pyridine rings is 2. The molecule has 5 rings (SSSR count). The third kappa shape index (κ3) is 4.26. The second kappa shape index (κ2) is 8.91. The van der Waals surface area contributed by atoms with Gasteiger partial charge in [-0.25, -0.2) is 13.8 Å². The Labute approximate surface area is 205 Å². The van der Waals surface area contributed by atoms with E-state index >= 15 is 0 Å². The van der Waals surface area contributed by atoms with Gasteiger partial charge in [0.15, 0.2) is 0 Å². The number of aromatic nitrogens is 3. The zero-order chi connectivity index (χ0) is 25.6. The van der Waals surface area contributed by atoms with Crippen LogP contribution in [0.15, 0.2) is 77.9 Å². The smallest absolute Gasteiger partial charge is 0.335 e. The van der Waals surface area contributed by atoms with Crippen LogP contribution in [-0.4, -0.2) is 14.5 Å². The lowest BCUT2D eigenvalue weighted by molar-refractivity contribution is -0.137. The number of halogens is 6.